The van der Waals surface area contributed by atoms with Crippen LogP contribution in [0.2, 0.25) is 5.02 Å². The Hall–Kier alpha value is -2.86. The second-order valence-electron chi connectivity index (χ2n) is 6.47. The topological polar surface area (TPSA) is 59.7 Å². The monoisotopic (exact) mass is 398 g/mol. The van der Waals surface area contributed by atoms with Crippen molar-refractivity contribution in [3.8, 4) is 11.1 Å². The number of carbonyl (C=O) groups excluding carboxylic acids is 1. The lowest BCUT2D eigenvalue weighted by molar-refractivity contribution is 0.0525. The number of aryl methyl sites for hydroxylation is 1. The Bertz CT molecular complexity index is 1020. The SMILES string of the molecule is CCOC(=O)c1cnc2c(-c3ccc(Cl)cc3)c(CC)nn2c1/C=C/N(C)C. The Morgan fingerprint density at radius 2 is 1.96 bits per heavy atom. The van der Waals surface area contributed by atoms with Crippen LogP contribution >= 0.6 is 11.6 Å². The van der Waals surface area contributed by atoms with E-state index in [9.17, 15) is 4.79 Å². The molecule has 28 heavy (non-hydrogen) atoms. The Morgan fingerprint density at radius 3 is 2.57 bits per heavy atom. The smallest absolute Gasteiger partial charge is 0.341 e. The molecule has 3 rings (SSSR count). The fraction of sp³-hybridized carbons (Fsp3) is 0.286. The number of esters is 1. The first-order valence-corrected chi connectivity index (χ1v) is 9.52. The number of carbonyl (C=O) groups is 1. The summed E-state index contributed by atoms with van der Waals surface area (Å²) in [4.78, 5) is 18.9. The quantitative estimate of drug-likeness (QED) is 0.578. The summed E-state index contributed by atoms with van der Waals surface area (Å²) in [5, 5.41) is 5.43. The normalized spacial score (nSPS) is 11.3. The third-order valence-electron chi connectivity index (χ3n) is 4.25. The van der Waals surface area contributed by atoms with Gasteiger partial charge in [0.2, 0.25) is 0 Å². The molecule has 0 saturated heterocycles. The molecule has 7 heteroatoms. The van der Waals surface area contributed by atoms with E-state index in [0.29, 0.717) is 28.5 Å². The summed E-state index contributed by atoms with van der Waals surface area (Å²) in [6.45, 7) is 4.12. The van der Waals surface area contributed by atoms with Gasteiger partial charge < -0.3 is 9.64 Å². The molecule has 0 bridgehead atoms. The fourth-order valence-corrected chi connectivity index (χ4v) is 3.08. The fourth-order valence-electron chi connectivity index (χ4n) is 2.95. The standard InChI is InChI=1S/C21H23ClN4O2/c1-5-17-19(14-7-9-15(22)10-8-14)20-23-13-16(21(27)28-6-2)18(26(20)24-17)11-12-25(3)4/h7-13H,5-6H2,1-4H3/b12-11+. The van der Waals surface area contributed by atoms with Crippen LogP contribution in [-0.2, 0) is 11.2 Å². The van der Waals surface area contributed by atoms with Crippen LogP contribution in [0.5, 0.6) is 0 Å². The molecule has 0 fully saturated rings. The van der Waals surface area contributed by atoms with Gasteiger partial charge in [-0.15, -0.1) is 0 Å². The molecule has 2 heterocycles. The molecule has 0 atom stereocenters. The van der Waals surface area contributed by atoms with Gasteiger partial charge in [-0.2, -0.15) is 5.10 Å². The summed E-state index contributed by atoms with van der Waals surface area (Å²) in [5.41, 5.74) is 4.51. The Labute approximate surface area is 169 Å². The number of ether oxygens (including phenoxy) is 1. The lowest BCUT2D eigenvalue weighted by Gasteiger charge is -2.09. The molecule has 0 amide bonds. The average molecular weight is 399 g/mol. The molecule has 0 aliphatic heterocycles. The predicted octanol–water partition coefficient (Wildman–Crippen LogP) is 4.32. The van der Waals surface area contributed by atoms with Crippen LogP contribution in [0.25, 0.3) is 22.9 Å². The van der Waals surface area contributed by atoms with Crippen LogP contribution in [0, 0.1) is 0 Å². The van der Waals surface area contributed by atoms with E-state index in [0.717, 1.165) is 23.2 Å². The van der Waals surface area contributed by atoms with E-state index in [1.807, 2.05) is 62.5 Å². The van der Waals surface area contributed by atoms with Crippen LogP contribution in [0.15, 0.2) is 36.7 Å². The van der Waals surface area contributed by atoms with Gasteiger partial charge in [0.25, 0.3) is 0 Å². The Kier molecular flexibility index (Phi) is 5.99. The van der Waals surface area contributed by atoms with Crippen molar-refractivity contribution >= 4 is 29.3 Å². The van der Waals surface area contributed by atoms with Crippen molar-refractivity contribution in [3.63, 3.8) is 0 Å². The second-order valence-corrected chi connectivity index (χ2v) is 6.91. The first-order chi connectivity index (χ1) is 13.5. The number of hydrogen-bond donors (Lipinski definition) is 0. The molecule has 0 saturated carbocycles. The van der Waals surface area contributed by atoms with Gasteiger partial charge in [-0.25, -0.2) is 14.3 Å². The summed E-state index contributed by atoms with van der Waals surface area (Å²) in [6.07, 6.45) is 6.00. The number of nitrogens with zero attached hydrogens (tertiary/aromatic N) is 4. The highest BCUT2D eigenvalue weighted by atomic mass is 35.5. The minimum atomic E-state index is -0.420. The first-order valence-electron chi connectivity index (χ1n) is 9.14. The summed E-state index contributed by atoms with van der Waals surface area (Å²) >= 11 is 6.04. The molecule has 0 unspecified atom stereocenters. The molecule has 3 aromatic rings. The molecule has 0 radical (unpaired) electrons. The molecular formula is C21H23ClN4O2. The van der Waals surface area contributed by atoms with E-state index in [2.05, 4.69) is 4.98 Å². The molecule has 0 N–H and O–H groups in total. The van der Waals surface area contributed by atoms with Crippen molar-refractivity contribution in [2.45, 2.75) is 20.3 Å². The van der Waals surface area contributed by atoms with Gasteiger partial charge in [-0.05, 0) is 37.1 Å². The van der Waals surface area contributed by atoms with Crippen LogP contribution in [-0.4, -0.2) is 46.2 Å². The molecular weight excluding hydrogens is 376 g/mol. The maximum absolute atomic E-state index is 12.5. The van der Waals surface area contributed by atoms with Gasteiger partial charge in [0, 0.05) is 37.1 Å². The number of rotatable bonds is 6. The van der Waals surface area contributed by atoms with E-state index >= 15 is 0 Å². The van der Waals surface area contributed by atoms with E-state index in [-0.39, 0.29) is 0 Å². The van der Waals surface area contributed by atoms with Crippen LogP contribution in [0.3, 0.4) is 0 Å². The maximum Gasteiger partial charge on any atom is 0.341 e. The highest BCUT2D eigenvalue weighted by Gasteiger charge is 2.21. The molecule has 6 nitrogen and oxygen atoms in total. The lowest BCUT2D eigenvalue weighted by Crippen LogP contribution is -2.12. The zero-order chi connectivity index (χ0) is 20.3. The maximum atomic E-state index is 12.5. The Balaban J connectivity index is 2.29. The lowest BCUT2D eigenvalue weighted by atomic mass is 10.0. The van der Waals surface area contributed by atoms with Crippen LogP contribution in [0.1, 0.15) is 35.6 Å². The van der Waals surface area contributed by atoms with Crippen molar-refractivity contribution in [1.82, 2.24) is 19.5 Å². The van der Waals surface area contributed by atoms with E-state index in [1.54, 1.807) is 17.6 Å². The number of benzene rings is 1. The molecule has 0 aliphatic rings. The minimum Gasteiger partial charge on any atom is -0.462 e. The molecule has 0 spiro atoms. The summed E-state index contributed by atoms with van der Waals surface area (Å²) in [7, 11) is 3.83. The van der Waals surface area contributed by atoms with Gasteiger partial charge in [0.15, 0.2) is 5.65 Å². The van der Waals surface area contributed by atoms with E-state index in [1.165, 1.54) is 0 Å². The third-order valence-corrected chi connectivity index (χ3v) is 4.50. The third kappa shape index (κ3) is 3.87. The van der Waals surface area contributed by atoms with Gasteiger partial charge in [0.05, 0.1) is 18.0 Å². The van der Waals surface area contributed by atoms with Gasteiger partial charge in [-0.1, -0.05) is 30.7 Å². The molecule has 2 aromatic heterocycles. The zero-order valence-electron chi connectivity index (χ0n) is 16.4. The van der Waals surface area contributed by atoms with Crippen LogP contribution in [0.4, 0.5) is 0 Å². The van der Waals surface area contributed by atoms with Crippen LogP contribution < -0.4 is 0 Å². The van der Waals surface area contributed by atoms with Gasteiger partial charge in [-0.3, -0.25) is 0 Å². The number of hydrogen-bond acceptors (Lipinski definition) is 5. The van der Waals surface area contributed by atoms with Gasteiger partial charge >= 0.3 is 5.97 Å². The largest absolute Gasteiger partial charge is 0.462 e. The second kappa shape index (κ2) is 8.44. The number of aromatic nitrogens is 3. The highest BCUT2D eigenvalue weighted by Crippen LogP contribution is 2.30. The predicted molar refractivity (Wildman–Crippen MR) is 111 cm³/mol. The van der Waals surface area contributed by atoms with Crippen molar-refractivity contribution in [2.24, 2.45) is 0 Å². The summed E-state index contributed by atoms with van der Waals surface area (Å²) < 4.78 is 6.92. The Morgan fingerprint density at radius 1 is 1.25 bits per heavy atom. The van der Waals surface area contributed by atoms with Crippen molar-refractivity contribution in [2.75, 3.05) is 20.7 Å². The summed E-state index contributed by atoms with van der Waals surface area (Å²) in [6, 6.07) is 7.60. The zero-order valence-corrected chi connectivity index (χ0v) is 17.2. The first kappa shape index (κ1) is 19.9. The highest BCUT2D eigenvalue weighted by molar-refractivity contribution is 6.30. The molecule has 1 aromatic carbocycles. The average Bonchev–Trinajstić information content (AvgIpc) is 3.05. The van der Waals surface area contributed by atoms with E-state index in [4.69, 9.17) is 21.4 Å². The molecule has 146 valence electrons. The number of fused-ring (bicyclic) bond motifs is 1. The van der Waals surface area contributed by atoms with Gasteiger partial charge in [0.1, 0.15) is 5.56 Å². The summed E-state index contributed by atoms with van der Waals surface area (Å²) in [5.74, 6) is -0.420. The minimum absolute atomic E-state index is 0.295. The van der Waals surface area contributed by atoms with E-state index < -0.39 is 5.97 Å². The van der Waals surface area contributed by atoms with Crippen molar-refractivity contribution in [3.05, 3.63) is 58.6 Å². The van der Waals surface area contributed by atoms with Crippen molar-refractivity contribution < 1.29 is 9.53 Å². The molecule has 0 aliphatic carbocycles. The number of halogens is 1. The van der Waals surface area contributed by atoms with Crippen molar-refractivity contribution in [1.29, 1.82) is 0 Å².